The van der Waals surface area contributed by atoms with E-state index in [-0.39, 0.29) is 11.1 Å². The zero-order valence-electron chi connectivity index (χ0n) is 13.1. The van der Waals surface area contributed by atoms with Crippen molar-refractivity contribution in [2.45, 2.75) is 6.42 Å². The number of amides is 2. The molecule has 7 heteroatoms. The highest BCUT2D eigenvalue weighted by Crippen LogP contribution is 2.25. The van der Waals surface area contributed by atoms with Crippen LogP contribution in [0.4, 0.5) is 10.7 Å². The van der Waals surface area contributed by atoms with Gasteiger partial charge in [-0.15, -0.1) is 0 Å². The van der Waals surface area contributed by atoms with E-state index < -0.39 is 0 Å². The van der Waals surface area contributed by atoms with Crippen LogP contribution in [0.15, 0.2) is 47.5 Å². The number of anilines is 1. The lowest BCUT2D eigenvalue weighted by Crippen LogP contribution is -2.22. The molecule has 1 aliphatic heterocycles. The number of likely N-dealkylation sites (N-methyl/N-ethyl adjacent to an activating group) is 1. The molecule has 0 radical (unpaired) electrons. The van der Waals surface area contributed by atoms with E-state index in [1.807, 2.05) is 30.1 Å². The van der Waals surface area contributed by atoms with Crippen molar-refractivity contribution in [2.75, 3.05) is 18.5 Å². The molecule has 2 heterocycles. The first-order valence-electron chi connectivity index (χ1n) is 7.45. The monoisotopic (exact) mass is 340 g/mol. The van der Waals surface area contributed by atoms with Crippen LogP contribution in [0.2, 0.25) is 0 Å². The molecule has 1 aromatic carbocycles. The van der Waals surface area contributed by atoms with Crippen molar-refractivity contribution in [3.63, 3.8) is 0 Å². The number of rotatable bonds is 5. The highest BCUT2D eigenvalue weighted by atomic mass is 32.2. The third kappa shape index (κ3) is 3.99. The average molecular weight is 340 g/mol. The summed E-state index contributed by atoms with van der Waals surface area (Å²) in [5, 5.41) is 1.87. The van der Waals surface area contributed by atoms with E-state index in [1.165, 1.54) is 5.56 Å². The Bertz CT molecular complexity index is 792. The molecule has 0 aliphatic carbocycles. The van der Waals surface area contributed by atoms with Gasteiger partial charge in [-0.05, 0) is 35.9 Å². The van der Waals surface area contributed by atoms with Crippen molar-refractivity contribution in [3.8, 4) is 0 Å². The molecular weight excluding hydrogens is 324 g/mol. The van der Waals surface area contributed by atoms with Crippen LogP contribution in [0.25, 0.3) is 6.08 Å². The predicted octanol–water partition coefficient (Wildman–Crippen LogP) is 2.48. The van der Waals surface area contributed by atoms with Crippen LogP contribution in [0.3, 0.4) is 0 Å². The Morgan fingerprint density at radius 1 is 1.21 bits per heavy atom. The van der Waals surface area contributed by atoms with Gasteiger partial charge >= 0.3 is 0 Å². The summed E-state index contributed by atoms with van der Waals surface area (Å²) in [4.78, 5) is 33.8. The maximum atomic E-state index is 11.6. The van der Waals surface area contributed by atoms with E-state index in [4.69, 9.17) is 0 Å². The molecule has 1 aliphatic rings. The molecule has 6 nitrogen and oxygen atoms in total. The van der Waals surface area contributed by atoms with E-state index in [2.05, 4.69) is 27.4 Å². The van der Waals surface area contributed by atoms with Gasteiger partial charge in [0.25, 0.3) is 11.1 Å². The summed E-state index contributed by atoms with van der Waals surface area (Å²) in [6.45, 7) is 0.776. The minimum absolute atomic E-state index is 0.344. The number of nitrogens with one attached hydrogen (secondary N) is 1. The first-order chi connectivity index (χ1) is 11.6. The lowest BCUT2D eigenvalue weighted by molar-refractivity contribution is -0.115. The van der Waals surface area contributed by atoms with E-state index in [0.717, 1.165) is 24.7 Å². The number of carbonyl (C=O) groups is 2. The Labute approximate surface area is 144 Å². The topological polar surface area (TPSA) is 75.2 Å². The van der Waals surface area contributed by atoms with Gasteiger partial charge in [0, 0.05) is 19.8 Å². The average Bonchev–Trinajstić information content (AvgIpc) is 2.91. The van der Waals surface area contributed by atoms with E-state index in [1.54, 1.807) is 18.3 Å². The second-order valence-electron chi connectivity index (χ2n) is 5.29. The molecule has 1 fully saturated rings. The van der Waals surface area contributed by atoms with Gasteiger partial charge in [0.05, 0.1) is 10.6 Å². The molecule has 24 heavy (non-hydrogen) atoms. The van der Waals surface area contributed by atoms with Gasteiger partial charge < -0.3 is 4.90 Å². The second-order valence-corrected chi connectivity index (χ2v) is 6.31. The third-order valence-electron chi connectivity index (χ3n) is 3.51. The van der Waals surface area contributed by atoms with Gasteiger partial charge in [-0.1, -0.05) is 30.3 Å². The molecule has 1 aromatic heterocycles. The van der Waals surface area contributed by atoms with Gasteiger partial charge in [-0.2, -0.15) is 0 Å². The molecule has 0 bridgehead atoms. The summed E-state index contributed by atoms with van der Waals surface area (Å²) in [7, 11) is 1.93. The van der Waals surface area contributed by atoms with Crippen molar-refractivity contribution >= 4 is 34.9 Å². The first-order valence-corrected chi connectivity index (χ1v) is 8.26. The molecule has 1 N–H and O–H groups in total. The van der Waals surface area contributed by atoms with Crippen molar-refractivity contribution in [1.82, 2.24) is 15.3 Å². The fourth-order valence-electron chi connectivity index (χ4n) is 2.22. The van der Waals surface area contributed by atoms with Crippen LogP contribution in [-0.2, 0) is 11.2 Å². The molecule has 2 amide bonds. The first kappa shape index (κ1) is 16.2. The van der Waals surface area contributed by atoms with Crippen molar-refractivity contribution in [2.24, 2.45) is 0 Å². The smallest absolute Gasteiger partial charge is 0.290 e. The summed E-state index contributed by atoms with van der Waals surface area (Å²) in [6.07, 6.45) is 4.13. The van der Waals surface area contributed by atoms with Crippen LogP contribution in [0, 0.1) is 0 Å². The third-order valence-corrected chi connectivity index (χ3v) is 4.32. The number of carbonyl (C=O) groups excluding carboxylic acids is 2. The van der Waals surface area contributed by atoms with Crippen LogP contribution in [0.5, 0.6) is 0 Å². The largest absolute Gasteiger partial charge is 0.344 e. The Morgan fingerprint density at radius 2 is 2.00 bits per heavy atom. The lowest BCUT2D eigenvalue weighted by Gasteiger charge is -2.17. The maximum absolute atomic E-state index is 11.6. The number of nitrogens with zero attached hydrogens (tertiary/aromatic N) is 3. The number of benzene rings is 1. The zero-order valence-corrected chi connectivity index (χ0v) is 13.9. The van der Waals surface area contributed by atoms with Crippen LogP contribution in [0.1, 0.15) is 11.3 Å². The van der Waals surface area contributed by atoms with Gasteiger partial charge in [-0.25, -0.2) is 9.97 Å². The SMILES string of the molecule is CN(CCc1ccccc1)c1nccc(C=C2SC(=O)NC2=O)n1. The Morgan fingerprint density at radius 3 is 2.71 bits per heavy atom. The predicted molar refractivity (Wildman–Crippen MR) is 94.6 cm³/mol. The lowest BCUT2D eigenvalue weighted by atomic mass is 10.1. The number of imide groups is 1. The molecule has 0 saturated carbocycles. The molecule has 0 spiro atoms. The summed E-state index contributed by atoms with van der Waals surface area (Å²) in [5.74, 6) is 0.192. The van der Waals surface area contributed by atoms with Gasteiger partial charge in [0.2, 0.25) is 5.95 Å². The molecule has 2 aromatic rings. The van der Waals surface area contributed by atoms with Crippen molar-refractivity contribution in [1.29, 1.82) is 0 Å². The molecule has 0 atom stereocenters. The maximum Gasteiger partial charge on any atom is 0.290 e. The minimum atomic E-state index is -0.386. The highest BCUT2D eigenvalue weighted by molar-refractivity contribution is 8.18. The van der Waals surface area contributed by atoms with Crippen molar-refractivity contribution < 1.29 is 9.59 Å². The van der Waals surface area contributed by atoms with E-state index >= 15 is 0 Å². The Kier molecular flexibility index (Phi) is 4.90. The Balaban J connectivity index is 1.69. The summed E-state index contributed by atoms with van der Waals surface area (Å²) in [6, 6.07) is 11.9. The van der Waals surface area contributed by atoms with Crippen LogP contribution in [-0.4, -0.2) is 34.7 Å². The van der Waals surface area contributed by atoms with Gasteiger partial charge in [0.15, 0.2) is 0 Å². The zero-order chi connectivity index (χ0) is 16.9. The summed E-state index contributed by atoms with van der Waals surface area (Å²) in [5.41, 5.74) is 1.85. The molecule has 122 valence electrons. The fourth-order valence-corrected chi connectivity index (χ4v) is 2.89. The van der Waals surface area contributed by atoms with Crippen LogP contribution < -0.4 is 10.2 Å². The van der Waals surface area contributed by atoms with Gasteiger partial charge in [-0.3, -0.25) is 14.9 Å². The number of hydrogen-bond donors (Lipinski definition) is 1. The highest BCUT2D eigenvalue weighted by Gasteiger charge is 2.25. The molecule has 0 unspecified atom stereocenters. The van der Waals surface area contributed by atoms with Crippen LogP contribution >= 0.6 is 11.8 Å². The standard InChI is InChI=1S/C17H16N4O2S/c1-21(10-8-12-5-3-2-4-6-12)16-18-9-7-13(19-16)11-14-15(22)20-17(23)24-14/h2-7,9,11H,8,10H2,1H3,(H,20,22,23). The second kappa shape index (κ2) is 7.27. The van der Waals surface area contributed by atoms with E-state index in [0.29, 0.717) is 16.5 Å². The summed E-state index contributed by atoms with van der Waals surface area (Å²) >= 11 is 0.878. The fraction of sp³-hybridized carbons (Fsp3) is 0.176. The minimum Gasteiger partial charge on any atom is -0.344 e. The summed E-state index contributed by atoms with van der Waals surface area (Å²) < 4.78 is 0. The van der Waals surface area contributed by atoms with Gasteiger partial charge in [0.1, 0.15) is 0 Å². The normalized spacial score (nSPS) is 15.6. The quantitative estimate of drug-likeness (QED) is 0.843. The number of hydrogen-bond acceptors (Lipinski definition) is 6. The Hall–Kier alpha value is -2.67. The molecular formula is C17H16N4O2S. The van der Waals surface area contributed by atoms with Crippen molar-refractivity contribution in [3.05, 3.63) is 58.8 Å². The number of thioether (sulfide) groups is 1. The molecule has 1 saturated heterocycles. The van der Waals surface area contributed by atoms with E-state index in [9.17, 15) is 9.59 Å². The molecule has 3 rings (SSSR count). The number of aromatic nitrogens is 2.